The molecule has 0 fully saturated rings. The van der Waals surface area contributed by atoms with E-state index in [1.807, 2.05) is 6.92 Å². The maximum absolute atomic E-state index is 13.1. The second kappa shape index (κ2) is 4.03. The number of benzene rings is 1. The third-order valence-electron chi connectivity index (χ3n) is 2.59. The first kappa shape index (κ1) is 10.2. The molecule has 0 aliphatic rings. The fourth-order valence-corrected chi connectivity index (χ4v) is 1.83. The van der Waals surface area contributed by atoms with Gasteiger partial charge in [0.05, 0.1) is 0 Å². The van der Waals surface area contributed by atoms with Crippen LogP contribution in [0.1, 0.15) is 17.7 Å². The van der Waals surface area contributed by atoms with E-state index >= 15 is 0 Å². The van der Waals surface area contributed by atoms with Crippen LogP contribution in [-0.4, -0.2) is 6.54 Å². The summed E-state index contributed by atoms with van der Waals surface area (Å²) in [6, 6.07) is 4.61. The first-order valence-electron chi connectivity index (χ1n) is 5.10. The highest BCUT2D eigenvalue weighted by Gasteiger charge is 2.10. The van der Waals surface area contributed by atoms with Gasteiger partial charge >= 0.3 is 0 Å². The van der Waals surface area contributed by atoms with E-state index in [0.29, 0.717) is 6.54 Å². The third kappa shape index (κ3) is 1.88. The molecule has 2 aromatic rings. The molecule has 2 nitrogen and oxygen atoms in total. The van der Waals surface area contributed by atoms with Crippen LogP contribution in [0.3, 0.4) is 0 Å². The molecule has 2 rings (SSSR count). The lowest BCUT2D eigenvalue weighted by Crippen LogP contribution is -2.00. The minimum atomic E-state index is -0.225. The Morgan fingerprint density at radius 2 is 2.20 bits per heavy atom. The normalized spacial score (nSPS) is 11.1. The van der Waals surface area contributed by atoms with Gasteiger partial charge in [-0.05, 0) is 44.5 Å². The molecule has 2 N–H and O–H groups in total. The molecule has 0 radical (unpaired) electrons. The van der Waals surface area contributed by atoms with E-state index in [4.69, 9.17) is 10.2 Å². The zero-order valence-electron chi connectivity index (χ0n) is 8.72. The molecule has 0 saturated heterocycles. The van der Waals surface area contributed by atoms with Gasteiger partial charge in [-0.3, -0.25) is 0 Å². The summed E-state index contributed by atoms with van der Waals surface area (Å²) in [5.41, 5.74) is 7.29. The third-order valence-corrected chi connectivity index (χ3v) is 2.59. The topological polar surface area (TPSA) is 39.2 Å². The van der Waals surface area contributed by atoms with E-state index in [1.165, 1.54) is 12.1 Å². The monoisotopic (exact) mass is 207 g/mol. The van der Waals surface area contributed by atoms with Gasteiger partial charge in [0.1, 0.15) is 17.2 Å². The Morgan fingerprint density at radius 1 is 1.40 bits per heavy atom. The Morgan fingerprint density at radius 3 is 2.93 bits per heavy atom. The van der Waals surface area contributed by atoms with E-state index in [1.54, 1.807) is 6.07 Å². The van der Waals surface area contributed by atoms with Crippen molar-refractivity contribution in [3.63, 3.8) is 0 Å². The Bertz CT molecular complexity index is 476. The van der Waals surface area contributed by atoms with E-state index < -0.39 is 0 Å². The van der Waals surface area contributed by atoms with Gasteiger partial charge in [0.2, 0.25) is 0 Å². The summed E-state index contributed by atoms with van der Waals surface area (Å²) in [5, 5.41) is 0.876. The number of rotatable bonds is 3. The SMILES string of the molecule is Cc1oc2ccc(F)cc2c1CCCN. The van der Waals surface area contributed by atoms with Crippen molar-refractivity contribution in [3.05, 3.63) is 35.3 Å². The molecule has 3 heteroatoms. The van der Waals surface area contributed by atoms with Crippen LogP contribution >= 0.6 is 0 Å². The minimum Gasteiger partial charge on any atom is -0.461 e. The van der Waals surface area contributed by atoms with Crippen molar-refractivity contribution in [1.82, 2.24) is 0 Å². The van der Waals surface area contributed by atoms with Crippen LogP contribution in [-0.2, 0) is 6.42 Å². The molecule has 80 valence electrons. The molecular weight excluding hydrogens is 193 g/mol. The highest BCUT2D eigenvalue weighted by atomic mass is 19.1. The number of halogens is 1. The predicted octanol–water partition coefficient (Wildman–Crippen LogP) is 2.77. The molecule has 0 atom stereocenters. The van der Waals surface area contributed by atoms with E-state index in [2.05, 4.69) is 0 Å². The van der Waals surface area contributed by atoms with Crippen LogP contribution in [0.5, 0.6) is 0 Å². The van der Waals surface area contributed by atoms with Crippen molar-refractivity contribution >= 4 is 11.0 Å². The molecule has 0 bridgehead atoms. The van der Waals surface area contributed by atoms with Crippen LogP contribution in [0, 0.1) is 12.7 Å². The average Bonchev–Trinajstić information content (AvgIpc) is 2.51. The Kier molecular flexibility index (Phi) is 2.73. The summed E-state index contributed by atoms with van der Waals surface area (Å²) < 4.78 is 18.6. The van der Waals surface area contributed by atoms with Gasteiger partial charge < -0.3 is 10.2 Å². The fraction of sp³-hybridized carbons (Fsp3) is 0.333. The first-order chi connectivity index (χ1) is 7.22. The molecule has 0 unspecified atom stereocenters. The minimum absolute atomic E-state index is 0.225. The van der Waals surface area contributed by atoms with Gasteiger partial charge in [0, 0.05) is 10.9 Å². The zero-order valence-corrected chi connectivity index (χ0v) is 8.72. The molecule has 0 saturated carbocycles. The smallest absolute Gasteiger partial charge is 0.134 e. The van der Waals surface area contributed by atoms with Crippen molar-refractivity contribution in [2.24, 2.45) is 5.73 Å². The molecule has 1 aromatic heterocycles. The summed E-state index contributed by atoms with van der Waals surface area (Å²) in [5.74, 6) is 0.640. The van der Waals surface area contributed by atoms with Gasteiger partial charge in [-0.25, -0.2) is 4.39 Å². The van der Waals surface area contributed by atoms with Crippen LogP contribution in [0.15, 0.2) is 22.6 Å². The number of hydrogen-bond donors (Lipinski definition) is 1. The summed E-state index contributed by atoms with van der Waals surface area (Å²) in [7, 11) is 0. The Hall–Kier alpha value is -1.35. The summed E-state index contributed by atoms with van der Waals surface area (Å²) in [6.45, 7) is 2.55. The molecular formula is C12H14FNO. The van der Waals surface area contributed by atoms with E-state index in [9.17, 15) is 4.39 Å². The Balaban J connectivity index is 2.50. The Labute approximate surface area is 87.9 Å². The highest BCUT2D eigenvalue weighted by Crippen LogP contribution is 2.27. The van der Waals surface area contributed by atoms with Crippen molar-refractivity contribution < 1.29 is 8.81 Å². The van der Waals surface area contributed by atoms with Crippen molar-refractivity contribution in [2.45, 2.75) is 19.8 Å². The largest absolute Gasteiger partial charge is 0.461 e. The van der Waals surface area contributed by atoms with Crippen LogP contribution in [0.25, 0.3) is 11.0 Å². The molecule has 0 amide bonds. The fourth-order valence-electron chi connectivity index (χ4n) is 1.83. The molecule has 1 heterocycles. The van der Waals surface area contributed by atoms with Crippen LogP contribution in [0.4, 0.5) is 4.39 Å². The molecule has 15 heavy (non-hydrogen) atoms. The second-order valence-corrected chi connectivity index (χ2v) is 3.67. The highest BCUT2D eigenvalue weighted by molar-refractivity contribution is 5.82. The van der Waals surface area contributed by atoms with E-state index in [0.717, 1.165) is 35.1 Å². The maximum atomic E-state index is 13.1. The summed E-state index contributed by atoms with van der Waals surface area (Å²) in [4.78, 5) is 0. The number of hydrogen-bond acceptors (Lipinski definition) is 2. The van der Waals surface area contributed by atoms with E-state index in [-0.39, 0.29) is 5.82 Å². The maximum Gasteiger partial charge on any atom is 0.134 e. The van der Waals surface area contributed by atoms with Crippen molar-refractivity contribution in [2.75, 3.05) is 6.54 Å². The standard InChI is InChI=1S/C12H14FNO/c1-8-10(3-2-6-14)11-7-9(13)4-5-12(11)15-8/h4-5,7H,2-3,6,14H2,1H3. The zero-order chi connectivity index (χ0) is 10.8. The first-order valence-corrected chi connectivity index (χ1v) is 5.10. The lowest BCUT2D eigenvalue weighted by molar-refractivity contribution is 0.569. The predicted molar refractivity (Wildman–Crippen MR) is 58.3 cm³/mol. The van der Waals surface area contributed by atoms with Crippen LogP contribution in [0.2, 0.25) is 0 Å². The van der Waals surface area contributed by atoms with Gasteiger partial charge in [-0.1, -0.05) is 0 Å². The number of nitrogens with two attached hydrogens (primary N) is 1. The molecule has 0 aliphatic heterocycles. The molecule has 0 spiro atoms. The molecule has 0 aliphatic carbocycles. The van der Waals surface area contributed by atoms with Gasteiger partial charge in [-0.15, -0.1) is 0 Å². The van der Waals surface area contributed by atoms with Crippen LogP contribution < -0.4 is 5.73 Å². The molecule has 1 aromatic carbocycles. The van der Waals surface area contributed by atoms with Crippen molar-refractivity contribution in [1.29, 1.82) is 0 Å². The summed E-state index contributed by atoms with van der Waals surface area (Å²) in [6.07, 6.45) is 1.74. The van der Waals surface area contributed by atoms with Crippen molar-refractivity contribution in [3.8, 4) is 0 Å². The van der Waals surface area contributed by atoms with Gasteiger partial charge in [-0.2, -0.15) is 0 Å². The quantitative estimate of drug-likeness (QED) is 0.840. The average molecular weight is 207 g/mol. The number of furan rings is 1. The lowest BCUT2D eigenvalue weighted by Gasteiger charge is -1.97. The number of fused-ring (bicyclic) bond motifs is 1. The lowest BCUT2D eigenvalue weighted by atomic mass is 10.1. The van der Waals surface area contributed by atoms with Gasteiger partial charge in [0.15, 0.2) is 0 Å². The number of aryl methyl sites for hydroxylation is 2. The van der Waals surface area contributed by atoms with Gasteiger partial charge in [0.25, 0.3) is 0 Å². The second-order valence-electron chi connectivity index (χ2n) is 3.67. The summed E-state index contributed by atoms with van der Waals surface area (Å²) >= 11 is 0.